The number of hydrogen-bond donors (Lipinski definition) is 1. The number of hydrogen-bond acceptors (Lipinski definition) is 4. The Morgan fingerprint density at radius 3 is 2.79 bits per heavy atom. The maximum atomic E-state index is 5.95. The zero-order valence-corrected chi connectivity index (χ0v) is 13.4. The third-order valence-electron chi connectivity index (χ3n) is 3.10. The van der Waals surface area contributed by atoms with E-state index in [4.69, 9.17) is 10.5 Å². The van der Waals surface area contributed by atoms with Crippen molar-refractivity contribution in [3.05, 3.63) is 45.1 Å². The summed E-state index contributed by atoms with van der Waals surface area (Å²) >= 11 is 5.30. The highest BCUT2D eigenvalue weighted by Gasteiger charge is 2.20. The molecule has 0 aliphatic carbocycles. The summed E-state index contributed by atoms with van der Waals surface area (Å²) in [6, 6.07) is 10.2. The minimum atomic E-state index is 0.154. The van der Waals surface area contributed by atoms with Crippen LogP contribution in [0.4, 0.5) is 5.69 Å². The van der Waals surface area contributed by atoms with Gasteiger partial charge in [-0.15, -0.1) is 11.3 Å². The van der Waals surface area contributed by atoms with E-state index in [1.54, 1.807) is 18.4 Å². The molecule has 1 unspecified atom stereocenters. The van der Waals surface area contributed by atoms with Crippen LogP contribution in [0.25, 0.3) is 0 Å². The molecule has 0 radical (unpaired) electrons. The lowest BCUT2D eigenvalue weighted by Gasteiger charge is -2.29. The number of nitrogens with two attached hydrogens (primary N) is 1. The van der Waals surface area contributed by atoms with Crippen molar-refractivity contribution < 1.29 is 4.74 Å². The lowest BCUT2D eigenvalue weighted by atomic mass is 10.2. The molecule has 0 saturated heterocycles. The Kier molecular flexibility index (Phi) is 4.85. The first-order chi connectivity index (χ1) is 9.17. The van der Waals surface area contributed by atoms with Gasteiger partial charge in [-0.1, -0.05) is 6.07 Å². The van der Waals surface area contributed by atoms with Gasteiger partial charge in [0.05, 0.1) is 13.2 Å². The van der Waals surface area contributed by atoms with Gasteiger partial charge in [0, 0.05) is 34.7 Å². The maximum absolute atomic E-state index is 5.95. The first-order valence-electron chi connectivity index (χ1n) is 5.97. The number of nitrogens with zero attached hydrogens (tertiary/aromatic N) is 1. The number of methoxy groups -OCH3 is 1. The summed E-state index contributed by atoms with van der Waals surface area (Å²) in [5.74, 6) is 0.852. The van der Waals surface area contributed by atoms with Crippen molar-refractivity contribution >= 4 is 33.0 Å². The Morgan fingerprint density at radius 1 is 1.42 bits per heavy atom. The quantitative estimate of drug-likeness (QED) is 0.902. The Bertz CT molecular complexity index is 544. The van der Waals surface area contributed by atoms with E-state index in [0.29, 0.717) is 6.54 Å². The van der Waals surface area contributed by atoms with Crippen LogP contribution in [0.5, 0.6) is 5.75 Å². The molecule has 0 aliphatic heterocycles. The molecule has 2 N–H and O–H groups in total. The number of benzene rings is 1. The minimum Gasteiger partial charge on any atom is -0.497 e. The molecule has 0 bridgehead atoms. The van der Waals surface area contributed by atoms with E-state index in [0.717, 1.165) is 15.9 Å². The molecule has 0 fully saturated rings. The fraction of sp³-hybridized carbons (Fsp3) is 0.286. The molecule has 2 aromatic rings. The highest BCUT2D eigenvalue weighted by atomic mass is 79.9. The van der Waals surface area contributed by atoms with E-state index in [2.05, 4.69) is 45.4 Å². The fourth-order valence-electron chi connectivity index (χ4n) is 1.99. The van der Waals surface area contributed by atoms with Crippen molar-refractivity contribution in [3.63, 3.8) is 0 Å². The average Bonchev–Trinajstić information content (AvgIpc) is 2.86. The van der Waals surface area contributed by atoms with Gasteiger partial charge in [0.2, 0.25) is 0 Å². The Morgan fingerprint density at radius 2 is 2.21 bits per heavy atom. The van der Waals surface area contributed by atoms with Crippen LogP contribution < -0.4 is 15.4 Å². The van der Waals surface area contributed by atoms with E-state index in [9.17, 15) is 0 Å². The molecule has 102 valence electrons. The molecule has 0 amide bonds. The summed E-state index contributed by atoms with van der Waals surface area (Å²) in [5.41, 5.74) is 7.05. The Labute approximate surface area is 126 Å². The van der Waals surface area contributed by atoms with Crippen LogP contribution in [0, 0.1) is 0 Å². The standard InChI is InChI=1S/C14H17BrN2OS/c1-17(10-4-3-5-11(8-10)18-2)13(9-16)14-12(15)6-7-19-14/h3-8,13H,9,16H2,1-2H3. The van der Waals surface area contributed by atoms with Gasteiger partial charge in [-0.25, -0.2) is 0 Å². The minimum absolute atomic E-state index is 0.154. The highest BCUT2D eigenvalue weighted by molar-refractivity contribution is 9.10. The van der Waals surface area contributed by atoms with Crippen molar-refractivity contribution in [1.29, 1.82) is 0 Å². The van der Waals surface area contributed by atoms with Crippen LogP contribution in [0.2, 0.25) is 0 Å². The molecular formula is C14H17BrN2OS. The van der Waals surface area contributed by atoms with E-state index in [1.165, 1.54) is 4.88 Å². The van der Waals surface area contributed by atoms with Gasteiger partial charge < -0.3 is 15.4 Å². The average molecular weight is 341 g/mol. The van der Waals surface area contributed by atoms with E-state index in [1.807, 2.05) is 18.2 Å². The maximum Gasteiger partial charge on any atom is 0.120 e. The van der Waals surface area contributed by atoms with Crippen LogP contribution >= 0.6 is 27.3 Å². The molecule has 1 atom stereocenters. The number of ether oxygens (including phenoxy) is 1. The monoisotopic (exact) mass is 340 g/mol. The predicted molar refractivity (Wildman–Crippen MR) is 85.2 cm³/mol. The van der Waals surface area contributed by atoms with Gasteiger partial charge >= 0.3 is 0 Å². The van der Waals surface area contributed by atoms with Crippen molar-refractivity contribution in [1.82, 2.24) is 0 Å². The molecule has 5 heteroatoms. The number of anilines is 1. The van der Waals surface area contributed by atoms with Crippen molar-refractivity contribution in [2.24, 2.45) is 5.73 Å². The van der Waals surface area contributed by atoms with Crippen molar-refractivity contribution in [3.8, 4) is 5.75 Å². The zero-order chi connectivity index (χ0) is 13.8. The van der Waals surface area contributed by atoms with Gasteiger partial charge in [-0.2, -0.15) is 0 Å². The summed E-state index contributed by atoms with van der Waals surface area (Å²) in [4.78, 5) is 3.42. The zero-order valence-electron chi connectivity index (χ0n) is 11.0. The summed E-state index contributed by atoms with van der Waals surface area (Å²) in [5, 5.41) is 2.07. The molecule has 1 aromatic heterocycles. The largest absolute Gasteiger partial charge is 0.497 e. The van der Waals surface area contributed by atoms with Crippen LogP contribution in [0.15, 0.2) is 40.2 Å². The van der Waals surface area contributed by atoms with Gasteiger partial charge in [-0.05, 0) is 39.5 Å². The molecule has 19 heavy (non-hydrogen) atoms. The van der Waals surface area contributed by atoms with Gasteiger partial charge in [0.25, 0.3) is 0 Å². The molecule has 1 aromatic carbocycles. The van der Waals surface area contributed by atoms with Crippen molar-refractivity contribution in [2.75, 3.05) is 25.6 Å². The molecular weight excluding hydrogens is 324 g/mol. The van der Waals surface area contributed by atoms with Crippen LogP contribution in [0.3, 0.4) is 0 Å². The third kappa shape index (κ3) is 3.11. The summed E-state index contributed by atoms with van der Waals surface area (Å²) in [7, 11) is 3.73. The molecule has 1 heterocycles. The molecule has 3 nitrogen and oxygen atoms in total. The first kappa shape index (κ1) is 14.4. The number of rotatable bonds is 5. The van der Waals surface area contributed by atoms with Crippen LogP contribution in [-0.4, -0.2) is 20.7 Å². The Balaban J connectivity index is 2.30. The molecule has 2 rings (SSSR count). The van der Waals surface area contributed by atoms with Gasteiger partial charge in [-0.3, -0.25) is 0 Å². The lowest BCUT2D eigenvalue weighted by Crippen LogP contribution is -2.30. The molecule has 0 spiro atoms. The summed E-state index contributed by atoms with van der Waals surface area (Å²) in [6.45, 7) is 0.562. The Hall–Kier alpha value is -1.04. The second-order valence-electron chi connectivity index (χ2n) is 4.20. The number of likely N-dealkylation sites (N-methyl/N-ethyl adjacent to an activating group) is 1. The lowest BCUT2D eigenvalue weighted by molar-refractivity contribution is 0.414. The summed E-state index contributed by atoms with van der Waals surface area (Å²) in [6.07, 6.45) is 0. The third-order valence-corrected chi connectivity index (χ3v) is 5.07. The van der Waals surface area contributed by atoms with Gasteiger partial charge in [0.1, 0.15) is 5.75 Å². The molecule has 0 aliphatic rings. The predicted octanol–water partition coefficient (Wildman–Crippen LogP) is 3.66. The number of halogens is 1. The first-order valence-corrected chi connectivity index (χ1v) is 7.64. The summed E-state index contributed by atoms with van der Waals surface area (Å²) < 4.78 is 6.38. The smallest absolute Gasteiger partial charge is 0.120 e. The van der Waals surface area contributed by atoms with Crippen LogP contribution in [0.1, 0.15) is 10.9 Å². The second-order valence-corrected chi connectivity index (χ2v) is 6.00. The van der Waals surface area contributed by atoms with E-state index >= 15 is 0 Å². The highest BCUT2D eigenvalue weighted by Crippen LogP contribution is 2.34. The number of thiophene rings is 1. The fourth-order valence-corrected chi connectivity index (χ4v) is 3.79. The van der Waals surface area contributed by atoms with E-state index in [-0.39, 0.29) is 6.04 Å². The van der Waals surface area contributed by atoms with Crippen LogP contribution in [-0.2, 0) is 0 Å². The normalized spacial score (nSPS) is 12.2. The van der Waals surface area contributed by atoms with Crippen molar-refractivity contribution in [2.45, 2.75) is 6.04 Å². The SMILES string of the molecule is COc1cccc(N(C)C(CN)c2sccc2Br)c1. The second kappa shape index (κ2) is 6.41. The van der Waals surface area contributed by atoms with E-state index < -0.39 is 0 Å². The van der Waals surface area contributed by atoms with Gasteiger partial charge in [0.15, 0.2) is 0 Å². The topological polar surface area (TPSA) is 38.5 Å². The molecule has 0 saturated carbocycles.